The third-order valence-corrected chi connectivity index (χ3v) is 5.28. The molecule has 5 heteroatoms. The zero-order valence-corrected chi connectivity index (χ0v) is 17.1. The van der Waals surface area contributed by atoms with Crippen LogP contribution in [-0.2, 0) is 0 Å². The molecule has 0 amide bonds. The van der Waals surface area contributed by atoms with Gasteiger partial charge in [0.1, 0.15) is 5.75 Å². The molecule has 1 fully saturated rings. The fourth-order valence-corrected chi connectivity index (χ4v) is 3.92. The Balaban J connectivity index is 2.22. The molecule has 0 aliphatic heterocycles. The zero-order valence-electron chi connectivity index (χ0n) is 17.1. The molecule has 0 spiro atoms. The van der Waals surface area contributed by atoms with Crippen LogP contribution in [0.1, 0.15) is 43.2 Å². The van der Waals surface area contributed by atoms with Gasteiger partial charge in [0.25, 0.3) is 0 Å². The van der Waals surface area contributed by atoms with Crippen LogP contribution in [0.25, 0.3) is 5.57 Å². The minimum atomic E-state index is 0.594. The van der Waals surface area contributed by atoms with Crippen molar-refractivity contribution in [3.8, 4) is 23.0 Å². The number of rotatable bonds is 6. The van der Waals surface area contributed by atoms with Crippen molar-refractivity contribution in [2.75, 3.05) is 34.2 Å². The largest absolute Gasteiger partial charge is 0.495 e. The molecule has 0 heterocycles. The summed E-state index contributed by atoms with van der Waals surface area (Å²) < 4.78 is 22.0. The summed E-state index contributed by atoms with van der Waals surface area (Å²) in [5, 5.41) is 0. The second-order valence-corrected chi connectivity index (χ2v) is 6.91. The van der Waals surface area contributed by atoms with E-state index in [1.54, 1.807) is 28.4 Å². The van der Waals surface area contributed by atoms with Crippen molar-refractivity contribution in [3.63, 3.8) is 0 Å². The minimum Gasteiger partial charge on any atom is -0.495 e. The number of nitrogen functional groups attached to an aromatic ring is 1. The lowest BCUT2D eigenvalue weighted by molar-refractivity contribution is 0.324. The van der Waals surface area contributed by atoms with E-state index in [1.165, 1.54) is 30.4 Å². The number of methoxy groups -OCH3 is 4. The first-order chi connectivity index (χ1) is 13.6. The molecule has 0 atom stereocenters. The lowest BCUT2D eigenvalue weighted by Crippen LogP contribution is -2.03. The van der Waals surface area contributed by atoms with Crippen molar-refractivity contribution < 1.29 is 18.9 Å². The second kappa shape index (κ2) is 8.91. The molecule has 0 saturated heterocycles. The SMILES string of the molecule is COc1ccc(C(=C2CCCCC2)c2cc(OC)c(OC)c(OC)c2)cc1N. The highest BCUT2D eigenvalue weighted by atomic mass is 16.5. The average molecular weight is 383 g/mol. The Labute approximate surface area is 167 Å². The smallest absolute Gasteiger partial charge is 0.203 e. The van der Waals surface area contributed by atoms with Crippen LogP contribution in [0.5, 0.6) is 23.0 Å². The average Bonchev–Trinajstić information content (AvgIpc) is 2.74. The summed E-state index contributed by atoms with van der Waals surface area (Å²) in [6.07, 6.45) is 5.84. The Hall–Kier alpha value is -2.82. The van der Waals surface area contributed by atoms with Crippen LogP contribution >= 0.6 is 0 Å². The van der Waals surface area contributed by atoms with Gasteiger partial charge in [0.05, 0.1) is 34.1 Å². The molecule has 2 aromatic rings. The predicted octanol–water partition coefficient (Wildman–Crippen LogP) is 5.07. The zero-order chi connectivity index (χ0) is 20.1. The Bertz CT molecular complexity index is 840. The summed E-state index contributed by atoms with van der Waals surface area (Å²) in [6.45, 7) is 0. The van der Waals surface area contributed by atoms with E-state index in [4.69, 9.17) is 24.7 Å². The highest BCUT2D eigenvalue weighted by Crippen LogP contribution is 2.44. The maximum absolute atomic E-state index is 6.22. The van der Waals surface area contributed by atoms with Gasteiger partial charge in [-0.2, -0.15) is 0 Å². The molecule has 0 unspecified atom stereocenters. The number of hydrogen-bond donors (Lipinski definition) is 1. The molecule has 2 N–H and O–H groups in total. The number of nitrogens with two attached hydrogens (primary N) is 1. The molecule has 1 saturated carbocycles. The van der Waals surface area contributed by atoms with Gasteiger partial charge in [-0.15, -0.1) is 0 Å². The van der Waals surface area contributed by atoms with Crippen LogP contribution in [0.2, 0.25) is 0 Å². The minimum absolute atomic E-state index is 0.594. The number of anilines is 1. The van der Waals surface area contributed by atoms with Crippen molar-refractivity contribution in [1.82, 2.24) is 0 Å². The normalized spacial score (nSPS) is 13.8. The monoisotopic (exact) mass is 383 g/mol. The van der Waals surface area contributed by atoms with Crippen molar-refractivity contribution in [1.29, 1.82) is 0 Å². The van der Waals surface area contributed by atoms with Gasteiger partial charge in [0.15, 0.2) is 11.5 Å². The molecule has 1 aliphatic carbocycles. The van der Waals surface area contributed by atoms with Crippen LogP contribution in [-0.4, -0.2) is 28.4 Å². The summed E-state index contributed by atoms with van der Waals surface area (Å²) in [6, 6.07) is 10.00. The predicted molar refractivity (Wildman–Crippen MR) is 113 cm³/mol. The molecule has 28 heavy (non-hydrogen) atoms. The Morgan fingerprint density at radius 1 is 0.714 bits per heavy atom. The van der Waals surface area contributed by atoms with Crippen LogP contribution in [0.15, 0.2) is 35.9 Å². The maximum Gasteiger partial charge on any atom is 0.203 e. The second-order valence-electron chi connectivity index (χ2n) is 6.91. The van der Waals surface area contributed by atoms with E-state index in [2.05, 4.69) is 6.07 Å². The van der Waals surface area contributed by atoms with Crippen molar-refractivity contribution in [3.05, 3.63) is 47.0 Å². The molecule has 5 nitrogen and oxygen atoms in total. The number of benzene rings is 2. The molecule has 3 rings (SSSR count). The molecule has 150 valence electrons. The van der Waals surface area contributed by atoms with Crippen molar-refractivity contribution in [2.24, 2.45) is 0 Å². The van der Waals surface area contributed by atoms with Crippen molar-refractivity contribution in [2.45, 2.75) is 32.1 Å². The Kier molecular flexibility index (Phi) is 6.34. The standard InChI is InChI=1S/C23H29NO4/c1-25-19-11-10-16(12-18(19)24)22(15-8-6-5-7-9-15)17-13-20(26-2)23(28-4)21(14-17)27-3/h10-14H,5-9,24H2,1-4H3. The summed E-state index contributed by atoms with van der Waals surface area (Å²) in [4.78, 5) is 0. The molecule has 0 aromatic heterocycles. The summed E-state index contributed by atoms with van der Waals surface area (Å²) in [7, 11) is 6.52. The molecule has 0 bridgehead atoms. The van der Waals surface area contributed by atoms with Gasteiger partial charge >= 0.3 is 0 Å². The molecule has 0 radical (unpaired) electrons. The lowest BCUT2D eigenvalue weighted by atomic mass is 9.84. The van der Waals surface area contributed by atoms with Crippen LogP contribution in [0, 0.1) is 0 Å². The highest BCUT2D eigenvalue weighted by molar-refractivity contribution is 5.86. The summed E-state index contributed by atoms with van der Waals surface area (Å²) in [5.41, 5.74) is 11.6. The van der Waals surface area contributed by atoms with E-state index in [0.29, 0.717) is 28.7 Å². The van der Waals surface area contributed by atoms with E-state index in [9.17, 15) is 0 Å². The van der Waals surface area contributed by atoms with Gasteiger partial charge in [0, 0.05) is 0 Å². The van der Waals surface area contributed by atoms with E-state index < -0.39 is 0 Å². The third kappa shape index (κ3) is 3.88. The van der Waals surface area contributed by atoms with Gasteiger partial charge < -0.3 is 24.7 Å². The van der Waals surface area contributed by atoms with Crippen molar-refractivity contribution >= 4 is 11.3 Å². The van der Waals surface area contributed by atoms with Crippen LogP contribution < -0.4 is 24.7 Å². The van der Waals surface area contributed by atoms with Gasteiger partial charge in [0.2, 0.25) is 5.75 Å². The molecular formula is C23H29NO4. The number of hydrogen-bond acceptors (Lipinski definition) is 5. The highest BCUT2D eigenvalue weighted by Gasteiger charge is 2.20. The van der Waals surface area contributed by atoms with Gasteiger partial charge in [-0.1, -0.05) is 18.1 Å². The maximum atomic E-state index is 6.22. The van der Waals surface area contributed by atoms with Crippen LogP contribution in [0.4, 0.5) is 5.69 Å². The topological polar surface area (TPSA) is 62.9 Å². The quantitative estimate of drug-likeness (QED) is 0.706. The number of allylic oxidation sites excluding steroid dienone is 1. The van der Waals surface area contributed by atoms with Crippen LogP contribution in [0.3, 0.4) is 0 Å². The lowest BCUT2D eigenvalue weighted by Gasteiger charge is -2.22. The van der Waals surface area contributed by atoms with Gasteiger partial charge in [-0.05, 0) is 66.6 Å². The first-order valence-corrected chi connectivity index (χ1v) is 9.59. The molecular weight excluding hydrogens is 354 g/mol. The van der Waals surface area contributed by atoms with Gasteiger partial charge in [-0.3, -0.25) is 0 Å². The molecule has 2 aromatic carbocycles. The summed E-state index contributed by atoms with van der Waals surface area (Å²) in [5.74, 6) is 2.57. The van der Waals surface area contributed by atoms with E-state index in [-0.39, 0.29) is 0 Å². The third-order valence-electron chi connectivity index (χ3n) is 5.28. The molecule has 1 aliphatic rings. The first-order valence-electron chi connectivity index (χ1n) is 9.59. The van der Waals surface area contributed by atoms with E-state index in [1.807, 2.05) is 24.3 Å². The Morgan fingerprint density at radius 3 is 1.82 bits per heavy atom. The number of ether oxygens (including phenoxy) is 4. The summed E-state index contributed by atoms with van der Waals surface area (Å²) >= 11 is 0. The Morgan fingerprint density at radius 2 is 1.32 bits per heavy atom. The van der Waals surface area contributed by atoms with E-state index >= 15 is 0 Å². The van der Waals surface area contributed by atoms with E-state index in [0.717, 1.165) is 24.0 Å². The first kappa shape index (κ1) is 19.9. The fourth-order valence-electron chi connectivity index (χ4n) is 3.92. The fraction of sp³-hybridized carbons (Fsp3) is 0.391. The van der Waals surface area contributed by atoms with Gasteiger partial charge in [-0.25, -0.2) is 0 Å².